The van der Waals surface area contributed by atoms with Gasteiger partial charge in [0.2, 0.25) is 0 Å². The minimum absolute atomic E-state index is 0.163. The number of aryl methyl sites for hydroxylation is 3. The molecule has 1 aromatic rings. The second-order valence-corrected chi connectivity index (χ2v) is 8.26. The Kier molecular flexibility index (Phi) is 8.03. The summed E-state index contributed by atoms with van der Waals surface area (Å²) in [7, 11) is 0. The standard InChI is InChI=1S/C24H34O5/c1-6-8-9-19(7-2)12-20-13-24(14-25,29-22(20)26)15-28-23(27)21-17(4)10-16(3)11-18(21)5/h10-12,19,25H,6-9,13-15H2,1-5H3/b20-12-. The van der Waals surface area contributed by atoms with E-state index in [1.54, 1.807) is 0 Å². The summed E-state index contributed by atoms with van der Waals surface area (Å²) in [6.45, 7) is 9.42. The molecule has 5 heteroatoms. The van der Waals surface area contributed by atoms with E-state index in [9.17, 15) is 14.7 Å². The highest BCUT2D eigenvalue weighted by molar-refractivity contribution is 5.93. The van der Waals surface area contributed by atoms with Crippen molar-refractivity contribution in [3.63, 3.8) is 0 Å². The first-order valence-electron chi connectivity index (χ1n) is 10.5. The van der Waals surface area contributed by atoms with E-state index < -0.39 is 17.5 Å². The van der Waals surface area contributed by atoms with Crippen molar-refractivity contribution in [1.82, 2.24) is 0 Å². The van der Waals surface area contributed by atoms with Gasteiger partial charge in [0.15, 0.2) is 5.60 Å². The van der Waals surface area contributed by atoms with Crippen molar-refractivity contribution in [2.45, 2.75) is 72.3 Å². The van der Waals surface area contributed by atoms with Crippen molar-refractivity contribution in [3.05, 3.63) is 46.0 Å². The Morgan fingerprint density at radius 3 is 2.48 bits per heavy atom. The highest BCUT2D eigenvalue weighted by Crippen LogP contribution is 2.33. The molecule has 1 aliphatic heterocycles. The quantitative estimate of drug-likeness (QED) is 0.483. The summed E-state index contributed by atoms with van der Waals surface area (Å²) in [5.74, 6) is -0.573. The van der Waals surface area contributed by atoms with Crippen molar-refractivity contribution < 1.29 is 24.2 Å². The highest BCUT2D eigenvalue weighted by Gasteiger charge is 2.45. The van der Waals surface area contributed by atoms with Crippen molar-refractivity contribution in [1.29, 1.82) is 0 Å². The number of aliphatic hydroxyl groups excluding tert-OH is 1. The SMILES string of the molecule is CCCCC(/C=C1/CC(CO)(COC(=O)c2c(C)cc(C)cc2C)OC1=O)CC. The van der Waals surface area contributed by atoms with Crippen LogP contribution in [0.1, 0.15) is 73.0 Å². The molecule has 1 aromatic carbocycles. The first-order chi connectivity index (χ1) is 13.7. The fourth-order valence-corrected chi connectivity index (χ4v) is 3.99. The monoisotopic (exact) mass is 402 g/mol. The van der Waals surface area contributed by atoms with Gasteiger partial charge in [-0.05, 0) is 50.7 Å². The maximum Gasteiger partial charge on any atom is 0.338 e. The number of aliphatic hydroxyl groups is 1. The Morgan fingerprint density at radius 1 is 1.28 bits per heavy atom. The molecule has 1 aliphatic rings. The van der Waals surface area contributed by atoms with Crippen LogP contribution in [-0.4, -0.2) is 35.9 Å². The Morgan fingerprint density at radius 2 is 1.93 bits per heavy atom. The van der Waals surface area contributed by atoms with E-state index >= 15 is 0 Å². The molecule has 1 saturated heterocycles. The third-order valence-electron chi connectivity index (χ3n) is 5.61. The summed E-state index contributed by atoms with van der Waals surface area (Å²) >= 11 is 0. The first-order valence-corrected chi connectivity index (χ1v) is 10.5. The number of cyclic esters (lactones) is 1. The number of carbonyl (C=O) groups excluding carboxylic acids is 2. The van der Waals surface area contributed by atoms with Crippen LogP contribution in [0.25, 0.3) is 0 Å². The van der Waals surface area contributed by atoms with Crippen molar-refractivity contribution in [2.75, 3.05) is 13.2 Å². The molecular formula is C24H34O5. The summed E-state index contributed by atoms with van der Waals surface area (Å²) in [6, 6.07) is 3.87. The second kappa shape index (κ2) is 10.1. The topological polar surface area (TPSA) is 72.8 Å². The Bertz CT molecular complexity index is 756. The van der Waals surface area contributed by atoms with E-state index in [0.29, 0.717) is 17.1 Å². The number of unbranched alkanes of at least 4 members (excludes halogenated alkanes) is 1. The number of allylic oxidation sites excluding steroid dienone is 1. The van der Waals surface area contributed by atoms with Crippen LogP contribution in [-0.2, 0) is 14.3 Å². The van der Waals surface area contributed by atoms with Gasteiger partial charge in [0.05, 0.1) is 12.2 Å². The fourth-order valence-electron chi connectivity index (χ4n) is 3.99. The lowest BCUT2D eigenvalue weighted by Crippen LogP contribution is -2.39. The molecule has 1 fully saturated rings. The van der Waals surface area contributed by atoms with Gasteiger partial charge in [-0.2, -0.15) is 0 Å². The number of rotatable bonds is 9. The van der Waals surface area contributed by atoms with Crippen LogP contribution in [0.2, 0.25) is 0 Å². The number of benzene rings is 1. The molecule has 1 heterocycles. The van der Waals surface area contributed by atoms with Crippen LogP contribution in [0.4, 0.5) is 0 Å². The summed E-state index contributed by atoms with van der Waals surface area (Å²) in [5.41, 5.74) is 2.66. The molecule has 0 bridgehead atoms. The average Bonchev–Trinajstić information content (AvgIpc) is 2.98. The molecule has 160 valence electrons. The molecule has 29 heavy (non-hydrogen) atoms. The van der Waals surface area contributed by atoms with Gasteiger partial charge < -0.3 is 14.6 Å². The third-order valence-corrected chi connectivity index (χ3v) is 5.61. The van der Waals surface area contributed by atoms with Crippen LogP contribution < -0.4 is 0 Å². The summed E-state index contributed by atoms with van der Waals surface area (Å²) in [5, 5.41) is 9.92. The molecule has 0 aromatic heterocycles. The lowest BCUT2D eigenvalue weighted by molar-refractivity contribution is -0.154. The van der Waals surface area contributed by atoms with Gasteiger partial charge in [0.25, 0.3) is 0 Å². The van der Waals surface area contributed by atoms with E-state index in [-0.39, 0.29) is 19.6 Å². The normalized spacial score (nSPS) is 21.3. The number of hydrogen-bond acceptors (Lipinski definition) is 5. The molecule has 5 nitrogen and oxygen atoms in total. The Labute approximate surface area is 174 Å². The van der Waals surface area contributed by atoms with Gasteiger partial charge >= 0.3 is 11.9 Å². The van der Waals surface area contributed by atoms with Crippen LogP contribution in [0.15, 0.2) is 23.8 Å². The van der Waals surface area contributed by atoms with E-state index in [4.69, 9.17) is 9.47 Å². The van der Waals surface area contributed by atoms with Crippen LogP contribution in [0.3, 0.4) is 0 Å². The van der Waals surface area contributed by atoms with E-state index in [2.05, 4.69) is 13.8 Å². The van der Waals surface area contributed by atoms with Crippen molar-refractivity contribution >= 4 is 11.9 Å². The Hall–Kier alpha value is -2.14. The van der Waals surface area contributed by atoms with Gasteiger partial charge in [0, 0.05) is 12.0 Å². The predicted octanol–water partition coefficient (Wildman–Crippen LogP) is 4.59. The predicted molar refractivity (Wildman–Crippen MR) is 113 cm³/mol. The van der Waals surface area contributed by atoms with Gasteiger partial charge in [0.1, 0.15) is 6.61 Å². The van der Waals surface area contributed by atoms with Crippen molar-refractivity contribution in [3.8, 4) is 0 Å². The fraction of sp³-hybridized carbons (Fsp3) is 0.583. The van der Waals surface area contributed by atoms with Gasteiger partial charge in [-0.25, -0.2) is 9.59 Å². The zero-order valence-electron chi connectivity index (χ0n) is 18.3. The lowest BCUT2D eigenvalue weighted by atomic mass is 9.93. The molecule has 0 spiro atoms. The lowest BCUT2D eigenvalue weighted by Gasteiger charge is -2.24. The minimum atomic E-state index is -1.20. The minimum Gasteiger partial charge on any atom is -0.458 e. The van der Waals surface area contributed by atoms with Gasteiger partial charge in [-0.3, -0.25) is 0 Å². The molecule has 0 amide bonds. The molecule has 1 N–H and O–H groups in total. The molecular weight excluding hydrogens is 368 g/mol. The van der Waals surface area contributed by atoms with Gasteiger partial charge in [-0.1, -0.05) is 50.5 Å². The smallest absolute Gasteiger partial charge is 0.338 e. The van der Waals surface area contributed by atoms with Crippen LogP contribution >= 0.6 is 0 Å². The van der Waals surface area contributed by atoms with E-state index in [0.717, 1.165) is 42.4 Å². The highest BCUT2D eigenvalue weighted by atomic mass is 16.6. The number of carbonyl (C=O) groups is 2. The maximum atomic E-state index is 12.7. The molecule has 2 atom stereocenters. The first kappa shape index (κ1) is 23.1. The third kappa shape index (κ3) is 5.69. The molecule has 0 radical (unpaired) electrons. The van der Waals surface area contributed by atoms with Crippen LogP contribution in [0.5, 0.6) is 0 Å². The zero-order valence-corrected chi connectivity index (χ0v) is 18.3. The van der Waals surface area contributed by atoms with Crippen LogP contribution in [0, 0.1) is 26.7 Å². The van der Waals surface area contributed by atoms with E-state index in [1.807, 2.05) is 39.0 Å². The number of esters is 2. The number of ether oxygens (including phenoxy) is 2. The molecule has 2 unspecified atom stereocenters. The second-order valence-electron chi connectivity index (χ2n) is 8.26. The summed E-state index contributed by atoms with van der Waals surface area (Å²) in [6.07, 6.45) is 6.42. The summed E-state index contributed by atoms with van der Waals surface area (Å²) in [4.78, 5) is 25.1. The maximum absolute atomic E-state index is 12.7. The number of hydrogen-bond donors (Lipinski definition) is 1. The van der Waals surface area contributed by atoms with E-state index in [1.165, 1.54) is 0 Å². The zero-order chi connectivity index (χ0) is 21.6. The average molecular weight is 403 g/mol. The molecule has 0 saturated carbocycles. The van der Waals surface area contributed by atoms with Gasteiger partial charge in [-0.15, -0.1) is 0 Å². The molecule has 2 rings (SSSR count). The largest absolute Gasteiger partial charge is 0.458 e. The Balaban J connectivity index is 2.11. The molecule has 0 aliphatic carbocycles. The van der Waals surface area contributed by atoms with Crippen molar-refractivity contribution in [2.24, 2.45) is 5.92 Å². The summed E-state index contributed by atoms with van der Waals surface area (Å²) < 4.78 is 11.0.